The van der Waals surface area contributed by atoms with Crippen LogP contribution < -0.4 is 10.3 Å². The third-order valence-electron chi connectivity index (χ3n) is 3.89. The predicted octanol–water partition coefficient (Wildman–Crippen LogP) is 2.37. The zero-order valence-electron chi connectivity index (χ0n) is 12.9. The quantitative estimate of drug-likeness (QED) is 0.896. The zero-order valence-corrected chi connectivity index (χ0v) is 12.9. The number of carbonyl (C=O) groups is 1. The fourth-order valence-corrected chi connectivity index (χ4v) is 2.74. The number of hydrazone groups is 1. The Labute approximate surface area is 136 Å². The molecule has 9 heteroatoms. The number of nitrogens with zero attached hydrogens (tertiary/aromatic N) is 2. The molecule has 3 rings (SSSR count). The van der Waals surface area contributed by atoms with Crippen molar-refractivity contribution in [3.05, 3.63) is 29.3 Å². The van der Waals surface area contributed by atoms with Crippen LogP contribution in [0.25, 0.3) is 0 Å². The summed E-state index contributed by atoms with van der Waals surface area (Å²) < 4.78 is 50.7. The Morgan fingerprint density at radius 2 is 2.00 bits per heavy atom. The number of halogens is 3. The standard InChI is InChI=1S/C15H16F3N3O3/c1-9-13(19-20-14(22)24-9)10-2-3-12(11(8-10)15(16,17)18)21-4-6-23-7-5-21/h2-3,8-9H,4-7H2,1H3,(H,20,22)/t9-/m0/s1. The second-order valence-corrected chi connectivity index (χ2v) is 5.49. The Bertz CT molecular complexity index is 670. The van der Waals surface area contributed by atoms with Crippen molar-refractivity contribution in [3.8, 4) is 0 Å². The molecule has 2 aliphatic heterocycles. The van der Waals surface area contributed by atoms with Crippen LogP contribution in [0, 0.1) is 0 Å². The summed E-state index contributed by atoms with van der Waals surface area (Å²) in [4.78, 5) is 12.8. The van der Waals surface area contributed by atoms with E-state index in [1.54, 1.807) is 17.9 Å². The van der Waals surface area contributed by atoms with Crippen molar-refractivity contribution in [2.75, 3.05) is 31.2 Å². The summed E-state index contributed by atoms with van der Waals surface area (Å²) in [6, 6.07) is 4.02. The number of nitrogens with one attached hydrogen (secondary N) is 1. The highest BCUT2D eigenvalue weighted by atomic mass is 19.4. The number of hydrogen-bond acceptors (Lipinski definition) is 5. The zero-order chi connectivity index (χ0) is 17.3. The Balaban J connectivity index is 2.00. The van der Waals surface area contributed by atoms with Crippen LogP contribution in [0.15, 0.2) is 23.3 Å². The molecule has 2 heterocycles. The predicted molar refractivity (Wildman–Crippen MR) is 80.1 cm³/mol. The molecule has 6 nitrogen and oxygen atoms in total. The van der Waals surface area contributed by atoms with Crippen molar-refractivity contribution in [2.24, 2.45) is 5.10 Å². The maximum Gasteiger partial charge on any atom is 0.428 e. The van der Waals surface area contributed by atoms with Gasteiger partial charge in [-0.05, 0) is 19.1 Å². The molecule has 1 fully saturated rings. The van der Waals surface area contributed by atoms with Gasteiger partial charge in [0.15, 0.2) is 0 Å². The Morgan fingerprint density at radius 1 is 1.29 bits per heavy atom. The van der Waals surface area contributed by atoms with Gasteiger partial charge in [-0.15, -0.1) is 0 Å². The summed E-state index contributed by atoms with van der Waals surface area (Å²) in [6.07, 6.45) is -5.96. The topological polar surface area (TPSA) is 63.2 Å². The lowest BCUT2D eigenvalue weighted by atomic mass is 10.0. The summed E-state index contributed by atoms with van der Waals surface area (Å²) in [5.41, 5.74) is 1.99. The van der Waals surface area contributed by atoms with Crippen molar-refractivity contribution in [2.45, 2.75) is 19.2 Å². The Hall–Kier alpha value is -2.29. The summed E-state index contributed by atoms with van der Waals surface area (Å²) in [5, 5.41) is 3.82. The third kappa shape index (κ3) is 3.30. The molecule has 1 atom stereocenters. The lowest BCUT2D eigenvalue weighted by molar-refractivity contribution is -0.137. The maximum atomic E-state index is 13.5. The molecule has 0 saturated carbocycles. The Kier molecular flexibility index (Phi) is 4.35. The van der Waals surface area contributed by atoms with Crippen LogP contribution in [0.1, 0.15) is 18.1 Å². The minimum atomic E-state index is -4.51. The summed E-state index contributed by atoms with van der Waals surface area (Å²) >= 11 is 0. The molecule has 24 heavy (non-hydrogen) atoms. The van der Waals surface area contributed by atoms with E-state index in [1.807, 2.05) is 0 Å². The molecule has 130 valence electrons. The van der Waals surface area contributed by atoms with Gasteiger partial charge in [-0.3, -0.25) is 0 Å². The first kappa shape index (κ1) is 16.6. The number of rotatable bonds is 2. The van der Waals surface area contributed by atoms with Crippen LogP contribution in [0.5, 0.6) is 0 Å². The number of anilines is 1. The normalized spacial score (nSPS) is 21.8. The van der Waals surface area contributed by atoms with E-state index >= 15 is 0 Å². The molecule has 1 aromatic carbocycles. The minimum Gasteiger partial charge on any atom is -0.439 e. The third-order valence-corrected chi connectivity index (χ3v) is 3.89. The van der Waals surface area contributed by atoms with Crippen molar-refractivity contribution >= 4 is 17.5 Å². The summed E-state index contributed by atoms with van der Waals surface area (Å²) in [6.45, 7) is 3.14. The highest BCUT2D eigenvalue weighted by Crippen LogP contribution is 2.38. The van der Waals surface area contributed by atoms with Crippen LogP contribution in [0.3, 0.4) is 0 Å². The van der Waals surface area contributed by atoms with Crippen molar-refractivity contribution in [1.82, 2.24) is 5.43 Å². The first-order valence-electron chi connectivity index (χ1n) is 7.45. The number of morpholine rings is 1. The van der Waals surface area contributed by atoms with Crippen molar-refractivity contribution in [3.63, 3.8) is 0 Å². The molecular formula is C15H16F3N3O3. The number of hydrogen-bond donors (Lipinski definition) is 1. The van der Waals surface area contributed by atoms with Gasteiger partial charge in [-0.2, -0.15) is 18.3 Å². The second-order valence-electron chi connectivity index (χ2n) is 5.49. The van der Waals surface area contributed by atoms with Gasteiger partial charge in [0.05, 0.1) is 18.8 Å². The van der Waals surface area contributed by atoms with Gasteiger partial charge in [0, 0.05) is 24.3 Å². The molecule has 2 aliphatic rings. The van der Waals surface area contributed by atoms with Gasteiger partial charge in [-0.1, -0.05) is 6.07 Å². The monoisotopic (exact) mass is 343 g/mol. The average molecular weight is 343 g/mol. The molecule has 0 aromatic heterocycles. The van der Waals surface area contributed by atoms with E-state index in [-0.39, 0.29) is 17.0 Å². The van der Waals surface area contributed by atoms with Crippen LogP contribution >= 0.6 is 0 Å². The minimum absolute atomic E-state index is 0.114. The fraction of sp³-hybridized carbons (Fsp3) is 0.467. The fourth-order valence-electron chi connectivity index (χ4n) is 2.74. The second kappa shape index (κ2) is 6.31. The van der Waals surface area contributed by atoms with Crippen LogP contribution in [0.4, 0.5) is 23.7 Å². The van der Waals surface area contributed by atoms with E-state index < -0.39 is 23.9 Å². The molecule has 1 saturated heterocycles. The molecule has 0 radical (unpaired) electrons. The lowest BCUT2D eigenvalue weighted by Crippen LogP contribution is -2.38. The molecule has 0 bridgehead atoms. The average Bonchev–Trinajstić information content (AvgIpc) is 2.54. The number of benzene rings is 1. The van der Waals surface area contributed by atoms with E-state index in [0.29, 0.717) is 26.3 Å². The number of cyclic esters (lactones) is 1. The summed E-state index contributed by atoms with van der Waals surface area (Å²) in [5.74, 6) is 0. The number of ether oxygens (including phenoxy) is 2. The van der Waals surface area contributed by atoms with E-state index in [1.165, 1.54) is 6.07 Å². The molecule has 0 aliphatic carbocycles. The van der Waals surface area contributed by atoms with Crippen LogP contribution in [0.2, 0.25) is 0 Å². The van der Waals surface area contributed by atoms with Gasteiger partial charge < -0.3 is 14.4 Å². The van der Waals surface area contributed by atoms with Crippen molar-refractivity contribution < 1.29 is 27.4 Å². The molecule has 0 spiro atoms. The lowest BCUT2D eigenvalue weighted by Gasteiger charge is -2.31. The Morgan fingerprint density at radius 3 is 2.62 bits per heavy atom. The SMILES string of the molecule is C[C@@H]1OC(=O)NN=C1c1ccc(N2CCOCC2)c(C(F)(F)F)c1. The highest BCUT2D eigenvalue weighted by molar-refractivity contribution is 6.06. The molecule has 1 amide bonds. The first-order valence-corrected chi connectivity index (χ1v) is 7.45. The summed E-state index contributed by atoms with van der Waals surface area (Å²) in [7, 11) is 0. The molecule has 1 N–H and O–H groups in total. The van der Waals surface area contributed by atoms with Crippen LogP contribution in [-0.2, 0) is 15.7 Å². The van der Waals surface area contributed by atoms with Gasteiger partial charge in [-0.25, -0.2) is 10.2 Å². The smallest absolute Gasteiger partial charge is 0.428 e. The van der Waals surface area contributed by atoms with E-state index in [4.69, 9.17) is 9.47 Å². The maximum absolute atomic E-state index is 13.5. The van der Waals surface area contributed by atoms with Crippen molar-refractivity contribution in [1.29, 1.82) is 0 Å². The molecular weight excluding hydrogens is 327 g/mol. The number of carbonyl (C=O) groups excluding carboxylic acids is 1. The highest BCUT2D eigenvalue weighted by Gasteiger charge is 2.36. The van der Waals surface area contributed by atoms with Crippen LogP contribution in [-0.4, -0.2) is 44.2 Å². The van der Waals surface area contributed by atoms with Gasteiger partial charge in [0.25, 0.3) is 0 Å². The van der Waals surface area contributed by atoms with Gasteiger partial charge >= 0.3 is 12.3 Å². The van der Waals surface area contributed by atoms with Gasteiger partial charge in [0.2, 0.25) is 0 Å². The van der Waals surface area contributed by atoms with E-state index in [0.717, 1.165) is 6.07 Å². The van der Waals surface area contributed by atoms with Gasteiger partial charge in [0.1, 0.15) is 11.8 Å². The number of alkyl halides is 3. The molecule has 0 unspecified atom stereocenters. The first-order chi connectivity index (χ1) is 11.4. The van der Waals surface area contributed by atoms with E-state index in [9.17, 15) is 18.0 Å². The van der Waals surface area contributed by atoms with E-state index in [2.05, 4.69) is 10.5 Å². The largest absolute Gasteiger partial charge is 0.439 e. The number of amides is 1. The molecule has 1 aromatic rings.